The van der Waals surface area contributed by atoms with Crippen molar-refractivity contribution in [3.05, 3.63) is 65.7 Å². The fourth-order valence-corrected chi connectivity index (χ4v) is 2.01. The molecule has 1 unspecified atom stereocenters. The fourth-order valence-electron chi connectivity index (χ4n) is 2.01. The Balaban J connectivity index is 2.51. The SMILES string of the molecule is COc1ccccc1C(C)(N)c1ccccc1. The summed E-state index contributed by atoms with van der Waals surface area (Å²) < 4.78 is 5.37. The average Bonchev–Trinajstić information content (AvgIpc) is 2.39. The Morgan fingerprint density at radius 3 is 2.18 bits per heavy atom. The molecular weight excluding hydrogens is 210 g/mol. The second-order valence-electron chi connectivity index (χ2n) is 4.27. The van der Waals surface area contributed by atoms with E-state index in [0.29, 0.717) is 0 Å². The standard InChI is InChI=1S/C15H17NO/c1-15(16,12-8-4-3-5-9-12)13-10-6-7-11-14(13)17-2/h3-11H,16H2,1-2H3. The van der Waals surface area contributed by atoms with Gasteiger partial charge in [0.1, 0.15) is 5.75 Å². The highest BCUT2D eigenvalue weighted by atomic mass is 16.5. The van der Waals surface area contributed by atoms with Crippen LogP contribution in [0.2, 0.25) is 0 Å². The minimum atomic E-state index is -0.548. The Kier molecular flexibility index (Phi) is 3.16. The summed E-state index contributed by atoms with van der Waals surface area (Å²) in [7, 11) is 1.67. The maximum Gasteiger partial charge on any atom is 0.124 e. The first-order chi connectivity index (χ1) is 8.16. The highest BCUT2D eigenvalue weighted by Gasteiger charge is 2.26. The van der Waals surface area contributed by atoms with Gasteiger partial charge in [-0.3, -0.25) is 0 Å². The van der Waals surface area contributed by atoms with Gasteiger partial charge in [-0.05, 0) is 18.6 Å². The average molecular weight is 227 g/mol. The van der Waals surface area contributed by atoms with Crippen LogP contribution in [0, 0.1) is 0 Å². The number of hydrogen-bond acceptors (Lipinski definition) is 2. The number of methoxy groups -OCH3 is 1. The molecule has 2 aromatic rings. The van der Waals surface area contributed by atoms with Crippen LogP contribution in [0.3, 0.4) is 0 Å². The zero-order chi connectivity index (χ0) is 12.3. The van der Waals surface area contributed by atoms with E-state index in [1.165, 1.54) is 0 Å². The summed E-state index contributed by atoms with van der Waals surface area (Å²) >= 11 is 0. The van der Waals surface area contributed by atoms with Crippen molar-refractivity contribution in [1.29, 1.82) is 0 Å². The number of ether oxygens (including phenoxy) is 1. The molecule has 0 aliphatic carbocycles. The predicted molar refractivity (Wildman–Crippen MR) is 70.1 cm³/mol. The lowest BCUT2D eigenvalue weighted by Gasteiger charge is -2.27. The molecule has 2 rings (SSSR count). The smallest absolute Gasteiger partial charge is 0.124 e. The molecule has 0 saturated carbocycles. The van der Waals surface area contributed by atoms with E-state index >= 15 is 0 Å². The summed E-state index contributed by atoms with van der Waals surface area (Å²) in [6.07, 6.45) is 0. The Hall–Kier alpha value is -1.80. The number of benzene rings is 2. The van der Waals surface area contributed by atoms with Crippen LogP contribution in [0.4, 0.5) is 0 Å². The van der Waals surface area contributed by atoms with Gasteiger partial charge in [-0.1, -0.05) is 48.5 Å². The van der Waals surface area contributed by atoms with Crippen LogP contribution in [0.15, 0.2) is 54.6 Å². The van der Waals surface area contributed by atoms with E-state index in [2.05, 4.69) is 0 Å². The van der Waals surface area contributed by atoms with Gasteiger partial charge in [0.15, 0.2) is 0 Å². The van der Waals surface area contributed by atoms with E-state index in [-0.39, 0.29) is 0 Å². The first-order valence-corrected chi connectivity index (χ1v) is 5.64. The van der Waals surface area contributed by atoms with Crippen molar-refractivity contribution in [2.45, 2.75) is 12.5 Å². The number of rotatable bonds is 3. The van der Waals surface area contributed by atoms with Crippen molar-refractivity contribution in [1.82, 2.24) is 0 Å². The molecule has 2 N–H and O–H groups in total. The molecule has 2 nitrogen and oxygen atoms in total. The van der Waals surface area contributed by atoms with E-state index in [1.807, 2.05) is 61.5 Å². The predicted octanol–water partition coefficient (Wildman–Crippen LogP) is 2.92. The summed E-state index contributed by atoms with van der Waals surface area (Å²) in [5.74, 6) is 0.821. The molecule has 88 valence electrons. The number of nitrogens with two attached hydrogens (primary N) is 1. The zero-order valence-electron chi connectivity index (χ0n) is 10.2. The second-order valence-corrected chi connectivity index (χ2v) is 4.27. The van der Waals surface area contributed by atoms with Gasteiger partial charge in [0.25, 0.3) is 0 Å². The molecular formula is C15H17NO. The van der Waals surface area contributed by atoms with Crippen LogP contribution in [0.5, 0.6) is 5.75 Å². The van der Waals surface area contributed by atoms with Crippen molar-refractivity contribution < 1.29 is 4.74 Å². The van der Waals surface area contributed by atoms with Gasteiger partial charge in [0.05, 0.1) is 12.6 Å². The van der Waals surface area contributed by atoms with E-state index in [9.17, 15) is 0 Å². The number of para-hydroxylation sites is 1. The van der Waals surface area contributed by atoms with Crippen LogP contribution in [0.25, 0.3) is 0 Å². The lowest BCUT2D eigenvalue weighted by Crippen LogP contribution is -2.34. The third kappa shape index (κ3) is 2.17. The van der Waals surface area contributed by atoms with E-state index in [0.717, 1.165) is 16.9 Å². The van der Waals surface area contributed by atoms with Gasteiger partial charge in [-0.15, -0.1) is 0 Å². The Morgan fingerprint density at radius 1 is 0.941 bits per heavy atom. The Bertz CT molecular complexity index is 491. The third-order valence-electron chi connectivity index (χ3n) is 3.04. The molecule has 0 radical (unpaired) electrons. The van der Waals surface area contributed by atoms with Crippen molar-refractivity contribution >= 4 is 0 Å². The first-order valence-electron chi connectivity index (χ1n) is 5.64. The van der Waals surface area contributed by atoms with Crippen molar-refractivity contribution in [3.8, 4) is 5.75 Å². The van der Waals surface area contributed by atoms with Crippen molar-refractivity contribution in [3.63, 3.8) is 0 Å². The largest absolute Gasteiger partial charge is 0.496 e. The zero-order valence-corrected chi connectivity index (χ0v) is 10.2. The van der Waals surface area contributed by atoms with Crippen molar-refractivity contribution in [2.75, 3.05) is 7.11 Å². The molecule has 0 amide bonds. The molecule has 0 heterocycles. The quantitative estimate of drug-likeness (QED) is 0.875. The normalized spacial score (nSPS) is 14.1. The first kappa shape index (κ1) is 11.7. The highest BCUT2D eigenvalue weighted by Crippen LogP contribution is 2.32. The Morgan fingerprint density at radius 2 is 1.53 bits per heavy atom. The molecule has 0 spiro atoms. The van der Waals surface area contributed by atoms with Crippen LogP contribution in [-0.2, 0) is 5.54 Å². The van der Waals surface area contributed by atoms with Crippen LogP contribution < -0.4 is 10.5 Å². The van der Waals surface area contributed by atoms with E-state index < -0.39 is 5.54 Å². The summed E-state index contributed by atoms with van der Waals surface area (Å²) in [6.45, 7) is 2.00. The summed E-state index contributed by atoms with van der Waals surface area (Å²) in [5, 5.41) is 0. The molecule has 2 heteroatoms. The molecule has 1 atom stereocenters. The van der Waals surface area contributed by atoms with Crippen LogP contribution >= 0.6 is 0 Å². The van der Waals surface area contributed by atoms with Gasteiger partial charge in [0.2, 0.25) is 0 Å². The minimum absolute atomic E-state index is 0.548. The van der Waals surface area contributed by atoms with Crippen molar-refractivity contribution in [2.24, 2.45) is 5.73 Å². The third-order valence-corrected chi connectivity index (χ3v) is 3.04. The van der Waals surface area contributed by atoms with E-state index in [4.69, 9.17) is 10.5 Å². The second kappa shape index (κ2) is 4.60. The number of hydrogen-bond donors (Lipinski definition) is 1. The molecule has 17 heavy (non-hydrogen) atoms. The molecule has 0 saturated heterocycles. The lowest BCUT2D eigenvalue weighted by molar-refractivity contribution is 0.399. The van der Waals surface area contributed by atoms with Crippen LogP contribution in [-0.4, -0.2) is 7.11 Å². The van der Waals surface area contributed by atoms with Crippen LogP contribution in [0.1, 0.15) is 18.1 Å². The maximum absolute atomic E-state index is 6.46. The van der Waals surface area contributed by atoms with Gasteiger partial charge in [0, 0.05) is 5.56 Å². The van der Waals surface area contributed by atoms with Gasteiger partial charge in [-0.2, -0.15) is 0 Å². The summed E-state index contributed by atoms with van der Waals surface area (Å²) in [6, 6.07) is 17.9. The molecule has 0 fully saturated rings. The van der Waals surface area contributed by atoms with E-state index in [1.54, 1.807) is 7.11 Å². The fraction of sp³-hybridized carbons (Fsp3) is 0.200. The monoisotopic (exact) mass is 227 g/mol. The summed E-state index contributed by atoms with van der Waals surface area (Å²) in [5.41, 5.74) is 7.98. The molecule has 0 aromatic heterocycles. The lowest BCUT2D eigenvalue weighted by atomic mass is 9.85. The topological polar surface area (TPSA) is 35.2 Å². The highest BCUT2D eigenvalue weighted by molar-refractivity contribution is 5.45. The molecule has 0 aliphatic rings. The van der Waals surface area contributed by atoms with Gasteiger partial charge in [-0.25, -0.2) is 0 Å². The minimum Gasteiger partial charge on any atom is -0.496 e. The molecule has 0 aliphatic heterocycles. The molecule has 0 bridgehead atoms. The Labute approximate surface area is 102 Å². The maximum atomic E-state index is 6.46. The summed E-state index contributed by atoms with van der Waals surface area (Å²) in [4.78, 5) is 0. The molecule has 2 aromatic carbocycles. The van der Waals surface area contributed by atoms with Gasteiger partial charge >= 0.3 is 0 Å². The van der Waals surface area contributed by atoms with Gasteiger partial charge < -0.3 is 10.5 Å².